The number of hydrogen-bond donors (Lipinski definition) is 2. The van der Waals surface area contributed by atoms with Crippen LogP contribution in [0.15, 0.2) is 24.3 Å². The highest BCUT2D eigenvalue weighted by molar-refractivity contribution is 5.73. The van der Waals surface area contributed by atoms with E-state index in [1.165, 1.54) is 0 Å². The molecule has 0 aliphatic carbocycles. The molecule has 3 N–H and O–H groups in total. The molecular weight excluding hydrogens is 178 g/mol. The molecule has 0 amide bonds. The Morgan fingerprint density at radius 1 is 1.50 bits per heavy atom. The summed E-state index contributed by atoms with van der Waals surface area (Å²) in [6.45, 7) is 4.26. The highest BCUT2D eigenvalue weighted by Crippen LogP contribution is 2.01. The van der Waals surface area contributed by atoms with Crippen molar-refractivity contribution >= 4 is 5.97 Å². The largest absolute Gasteiger partial charge is 0.480 e. The van der Waals surface area contributed by atoms with Gasteiger partial charge in [0.1, 0.15) is 6.04 Å². The summed E-state index contributed by atoms with van der Waals surface area (Å²) in [4.78, 5) is 10.3. The van der Waals surface area contributed by atoms with Crippen LogP contribution in [0, 0.1) is 5.92 Å². The number of allylic oxidation sites excluding steroid dienone is 3. The van der Waals surface area contributed by atoms with Crippen molar-refractivity contribution in [2.24, 2.45) is 11.7 Å². The van der Waals surface area contributed by atoms with Crippen molar-refractivity contribution in [3.05, 3.63) is 24.3 Å². The molecule has 0 aromatic rings. The van der Waals surface area contributed by atoms with Crippen molar-refractivity contribution < 1.29 is 9.90 Å². The lowest BCUT2D eigenvalue weighted by molar-refractivity contribution is -0.138. The molecule has 0 bridgehead atoms. The third kappa shape index (κ3) is 6.43. The van der Waals surface area contributed by atoms with Gasteiger partial charge in [0.2, 0.25) is 0 Å². The molecule has 0 heterocycles. The van der Waals surface area contributed by atoms with Crippen LogP contribution in [0.5, 0.6) is 0 Å². The monoisotopic (exact) mass is 197 g/mol. The van der Waals surface area contributed by atoms with Crippen molar-refractivity contribution in [2.75, 3.05) is 0 Å². The van der Waals surface area contributed by atoms with Crippen LogP contribution >= 0.6 is 0 Å². The van der Waals surface area contributed by atoms with Gasteiger partial charge in [0.05, 0.1) is 0 Å². The molecule has 2 unspecified atom stereocenters. The summed E-state index contributed by atoms with van der Waals surface area (Å²) in [5, 5.41) is 8.49. The van der Waals surface area contributed by atoms with Crippen LogP contribution in [-0.4, -0.2) is 17.1 Å². The molecule has 3 nitrogen and oxygen atoms in total. The average molecular weight is 197 g/mol. The molecule has 3 heteroatoms. The van der Waals surface area contributed by atoms with Gasteiger partial charge in [-0.3, -0.25) is 4.79 Å². The van der Waals surface area contributed by atoms with Gasteiger partial charge in [0.15, 0.2) is 0 Å². The van der Waals surface area contributed by atoms with E-state index in [-0.39, 0.29) is 0 Å². The fraction of sp³-hybridized carbons (Fsp3) is 0.545. The summed E-state index contributed by atoms with van der Waals surface area (Å²) in [6.07, 6.45) is 9.12. The van der Waals surface area contributed by atoms with E-state index in [0.29, 0.717) is 12.3 Å². The molecule has 0 aliphatic heterocycles. The topological polar surface area (TPSA) is 63.3 Å². The van der Waals surface area contributed by atoms with Gasteiger partial charge in [0, 0.05) is 0 Å². The minimum Gasteiger partial charge on any atom is -0.480 e. The van der Waals surface area contributed by atoms with Crippen molar-refractivity contribution in [2.45, 2.75) is 32.7 Å². The third-order valence-electron chi connectivity index (χ3n) is 2.04. The number of aliphatic carboxylic acids is 1. The lowest BCUT2D eigenvalue weighted by atomic mass is 10.1. The minimum atomic E-state index is -0.958. The van der Waals surface area contributed by atoms with Crippen LogP contribution < -0.4 is 5.73 Å². The first kappa shape index (κ1) is 12.9. The second kappa shape index (κ2) is 7.33. The molecule has 2 atom stereocenters. The Bertz CT molecular complexity index is 221. The van der Waals surface area contributed by atoms with Crippen LogP contribution in [0.4, 0.5) is 0 Å². The fourth-order valence-electron chi connectivity index (χ4n) is 0.794. The lowest BCUT2D eigenvalue weighted by Crippen LogP contribution is -2.29. The van der Waals surface area contributed by atoms with E-state index in [1.54, 1.807) is 6.08 Å². The quantitative estimate of drug-likeness (QED) is 0.640. The third-order valence-corrected chi connectivity index (χ3v) is 2.04. The first-order valence-electron chi connectivity index (χ1n) is 4.89. The maximum absolute atomic E-state index is 10.3. The van der Waals surface area contributed by atoms with Gasteiger partial charge < -0.3 is 10.8 Å². The Labute approximate surface area is 85.3 Å². The van der Waals surface area contributed by atoms with E-state index in [2.05, 4.69) is 19.9 Å². The predicted molar refractivity (Wildman–Crippen MR) is 58.0 cm³/mol. The summed E-state index contributed by atoms with van der Waals surface area (Å²) >= 11 is 0. The molecule has 0 rings (SSSR count). The molecule has 0 radical (unpaired) electrons. The van der Waals surface area contributed by atoms with Crippen molar-refractivity contribution in [3.63, 3.8) is 0 Å². The van der Waals surface area contributed by atoms with Crippen LogP contribution in [-0.2, 0) is 4.79 Å². The van der Waals surface area contributed by atoms with Gasteiger partial charge in [0.25, 0.3) is 0 Å². The molecule has 80 valence electrons. The van der Waals surface area contributed by atoms with Crippen molar-refractivity contribution in [1.82, 2.24) is 0 Å². The molecule has 0 aromatic heterocycles. The van der Waals surface area contributed by atoms with E-state index >= 15 is 0 Å². The van der Waals surface area contributed by atoms with E-state index in [1.807, 2.05) is 12.2 Å². The zero-order chi connectivity index (χ0) is 11.0. The zero-order valence-electron chi connectivity index (χ0n) is 8.81. The molecular formula is C11H19NO2. The Kier molecular flexibility index (Phi) is 6.76. The average Bonchev–Trinajstić information content (AvgIpc) is 2.16. The minimum absolute atomic E-state index is 0.375. The highest BCUT2D eigenvalue weighted by atomic mass is 16.4. The summed E-state index contributed by atoms with van der Waals surface area (Å²) in [5.74, 6) is -0.395. The summed E-state index contributed by atoms with van der Waals surface area (Å²) in [6, 6.07) is -0.789. The Balaban J connectivity index is 3.74. The molecule has 0 aromatic carbocycles. The van der Waals surface area contributed by atoms with Crippen molar-refractivity contribution in [3.8, 4) is 0 Å². The molecule has 0 saturated heterocycles. The van der Waals surface area contributed by atoms with Gasteiger partial charge in [-0.25, -0.2) is 0 Å². The van der Waals surface area contributed by atoms with Gasteiger partial charge in [-0.15, -0.1) is 0 Å². The number of carboxylic acids is 1. The lowest BCUT2D eigenvalue weighted by Gasteiger charge is -2.00. The van der Waals surface area contributed by atoms with Gasteiger partial charge in [-0.05, 0) is 12.3 Å². The maximum Gasteiger partial charge on any atom is 0.320 e. The molecule has 0 fully saturated rings. The second-order valence-corrected chi connectivity index (χ2v) is 3.38. The second-order valence-electron chi connectivity index (χ2n) is 3.38. The number of carbonyl (C=O) groups is 1. The van der Waals surface area contributed by atoms with E-state index in [9.17, 15) is 4.79 Å². The summed E-state index contributed by atoms with van der Waals surface area (Å²) in [7, 11) is 0. The Morgan fingerprint density at radius 3 is 2.64 bits per heavy atom. The van der Waals surface area contributed by atoms with Crippen LogP contribution in [0.25, 0.3) is 0 Å². The number of rotatable bonds is 6. The van der Waals surface area contributed by atoms with E-state index in [4.69, 9.17) is 10.8 Å². The van der Waals surface area contributed by atoms with Gasteiger partial charge in [-0.1, -0.05) is 44.6 Å². The standard InChI is InChI=1S/C11H19NO2/c1-3-9(2)7-5-4-6-8-10(12)11(13)14/h4-7,9-10H,3,8,12H2,1-2H3,(H,13,14). The summed E-state index contributed by atoms with van der Waals surface area (Å²) < 4.78 is 0. The molecule has 14 heavy (non-hydrogen) atoms. The summed E-state index contributed by atoms with van der Waals surface area (Å²) in [5.41, 5.74) is 5.31. The Hall–Kier alpha value is -1.09. The SMILES string of the molecule is CCC(C)C=CC=CCC(N)C(=O)O. The zero-order valence-corrected chi connectivity index (χ0v) is 8.81. The Morgan fingerprint density at radius 2 is 2.14 bits per heavy atom. The number of carboxylic acid groups (broad SMARTS) is 1. The normalized spacial score (nSPS) is 16.2. The van der Waals surface area contributed by atoms with E-state index in [0.717, 1.165) is 6.42 Å². The van der Waals surface area contributed by atoms with Gasteiger partial charge in [-0.2, -0.15) is 0 Å². The number of hydrogen-bond acceptors (Lipinski definition) is 2. The number of nitrogens with two attached hydrogens (primary N) is 1. The first-order valence-corrected chi connectivity index (χ1v) is 4.89. The van der Waals surface area contributed by atoms with Crippen LogP contribution in [0.1, 0.15) is 26.7 Å². The predicted octanol–water partition coefficient (Wildman–Crippen LogP) is 1.95. The fourth-order valence-corrected chi connectivity index (χ4v) is 0.794. The highest BCUT2D eigenvalue weighted by Gasteiger charge is 2.07. The molecule has 0 aliphatic rings. The van der Waals surface area contributed by atoms with E-state index < -0.39 is 12.0 Å². The smallest absolute Gasteiger partial charge is 0.320 e. The molecule has 0 spiro atoms. The maximum atomic E-state index is 10.3. The molecule has 0 saturated carbocycles. The van der Waals surface area contributed by atoms with Crippen LogP contribution in [0.3, 0.4) is 0 Å². The van der Waals surface area contributed by atoms with Gasteiger partial charge >= 0.3 is 5.97 Å². The van der Waals surface area contributed by atoms with Crippen molar-refractivity contribution in [1.29, 1.82) is 0 Å². The first-order chi connectivity index (χ1) is 6.57. The van der Waals surface area contributed by atoms with Crippen LogP contribution in [0.2, 0.25) is 0 Å².